The van der Waals surface area contributed by atoms with Crippen LogP contribution in [0.15, 0.2) is 134 Å². The summed E-state index contributed by atoms with van der Waals surface area (Å²) in [4.78, 5) is 73.2. The molecule has 0 aromatic heterocycles. The maximum absolute atomic E-state index is 13.1. The van der Waals surface area contributed by atoms with Gasteiger partial charge in [0.25, 0.3) is 0 Å². The van der Waals surface area contributed by atoms with Gasteiger partial charge in [0, 0.05) is 25.7 Å². The smallest absolute Gasteiger partial charge is 0.462 e. The van der Waals surface area contributed by atoms with Gasteiger partial charge in [-0.2, -0.15) is 0 Å². The van der Waals surface area contributed by atoms with Crippen molar-refractivity contribution in [2.45, 2.75) is 367 Å². The van der Waals surface area contributed by atoms with E-state index in [0.29, 0.717) is 25.7 Å². The van der Waals surface area contributed by atoms with Crippen LogP contribution in [-0.4, -0.2) is 96.7 Å². The highest BCUT2D eigenvalue weighted by Crippen LogP contribution is 2.45. The molecule has 620 valence electrons. The van der Waals surface area contributed by atoms with E-state index in [9.17, 15) is 43.2 Å². The van der Waals surface area contributed by atoms with Crippen molar-refractivity contribution in [2.24, 2.45) is 0 Å². The second-order valence-corrected chi connectivity index (χ2v) is 30.9. The first-order valence-electron chi connectivity index (χ1n) is 42.4. The van der Waals surface area contributed by atoms with Gasteiger partial charge in [0.2, 0.25) is 0 Å². The summed E-state index contributed by atoms with van der Waals surface area (Å²) in [6, 6.07) is 0. The molecule has 0 aliphatic heterocycles. The zero-order valence-corrected chi connectivity index (χ0v) is 69.8. The molecule has 0 aliphatic rings. The number of phosphoric ester groups is 2. The van der Waals surface area contributed by atoms with E-state index >= 15 is 0 Å². The van der Waals surface area contributed by atoms with Crippen LogP contribution in [0.25, 0.3) is 0 Å². The molecule has 0 amide bonds. The fourth-order valence-corrected chi connectivity index (χ4v) is 12.7. The number of esters is 4. The van der Waals surface area contributed by atoms with Gasteiger partial charge in [-0.1, -0.05) is 296 Å². The van der Waals surface area contributed by atoms with Crippen LogP contribution in [0.1, 0.15) is 349 Å². The number of aliphatic hydroxyl groups is 1. The van der Waals surface area contributed by atoms with Crippen molar-refractivity contribution in [3.8, 4) is 0 Å². The topological polar surface area (TPSA) is 237 Å². The van der Waals surface area contributed by atoms with E-state index in [4.69, 9.17) is 37.0 Å². The zero-order chi connectivity index (χ0) is 78.9. The molecular formula is C89H152O17P2. The summed E-state index contributed by atoms with van der Waals surface area (Å²) in [5, 5.41) is 10.7. The molecule has 0 saturated carbocycles. The Morgan fingerprint density at radius 2 is 0.481 bits per heavy atom. The molecule has 0 rings (SSSR count). The number of carbonyl (C=O) groups excluding carboxylic acids is 4. The van der Waals surface area contributed by atoms with Gasteiger partial charge in [0.1, 0.15) is 19.3 Å². The molecule has 17 nitrogen and oxygen atoms in total. The van der Waals surface area contributed by atoms with E-state index < -0.39 is 97.5 Å². The highest BCUT2D eigenvalue weighted by molar-refractivity contribution is 7.47. The lowest BCUT2D eigenvalue weighted by Crippen LogP contribution is -2.30. The third-order valence-corrected chi connectivity index (χ3v) is 19.5. The van der Waals surface area contributed by atoms with Crippen molar-refractivity contribution in [2.75, 3.05) is 39.6 Å². The summed E-state index contributed by atoms with van der Waals surface area (Å²) in [5.74, 6) is -2.21. The lowest BCUT2D eigenvalue weighted by molar-refractivity contribution is -0.161. The first-order chi connectivity index (χ1) is 52.7. The molecule has 0 aromatic rings. The fraction of sp³-hybridized carbons (Fsp3) is 0.708. The highest BCUT2D eigenvalue weighted by Gasteiger charge is 2.30. The van der Waals surface area contributed by atoms with Crippen LogP contribution in [0.4, 0.5) is 0 Å². The fourth-order valence-electron chi connectivity index (χ4n) is 11.2. The minimum absolute atomic E-state index is 0.0781. The summed E-state index contributed by atoms with van der Waals surface area (Å²) >= 11 is 0. The third-order valence-electron chi connectivity index (χ3n) is 17.6. The van der Waals surface area contributed by atoms with Gasteiger partial charge in [-0.3, -0.25) is 37.3 Å². The summed E-state index contributed by atoms with van der Waals surface area (Å²) < 4.78 is 68.8. The van der Waals surface area contributed by atoms with E-state index in [0.717, 1.165) is 225 Å². The summed E-state index contributed by atoms with van der Waals surface area (Å²) in [5.41, 5.74) is 0. The van der Waals surface area contributed by atoms with Crippen molar-refractivity contribution in [3.63, 3.8) is 0 Å². The molecule has 5 atom stereocenters. The monoisotopic (exact) mass is 1560 g/mol. The molecule has 0 radical (unpaired) electrons. The molecule has 5 unspecified atom stereocenters. The minimum atomic E-state index is -4.99. The SMILES string of the molecule is CC/C=C\C/C=C\C/C=C\C/C=C\CCCCCCCCC(=O)OCC(COP(=O)(O)OCC(O)COP(=O)(O)OCC(COC(=O)CCCCCCCC/C=C\C/C=C\C/C=C\CCCCC)OC(=O)CCCCCCCCC/C=C\C/C=C\C/C=C\CC)OC(=O)CCCCCCC/C=C\CCCCCC. The lowest BCUT2D eigenvalue weighted by atomic mass is 10.1. The second-order valence-electron chi connectivity index (χ2n) is 28.0. The van der Waals surface area contributed by atoms with Gasteiger partial charge in [-0.05, 0) is 161 Å². The standard InChI is InChI=1S/C89H152O17P2/c1-5-9-13-17-21-25-29-33-36-39-41-44-46-50-53-57-61-65-69-73-86(91)99-79-84(105-88(93)75-71-67-63-59-55-49-32-28-24-20-16-12-8-4)81-103-107(95,96)101-77-83(90)78-102-108(97,98)104-82-85(106-89(94)76-72-68-64-60-56-52-48-43-38-35-31-27-23-19-15-11-7-3)80-100-87(92)74-70-66-62-58-54-51-47-45-42-40-37-34-30-26-22-18-14-10-6-2/h9,11,13,15,21-23,25-28,32-38,41-42,44-45,83-85,90H,5-8,10,12,14,16-20,24,29-31,39-40,43,46-82H2,1-4H3,(H,95,96)(H,97,98)/b13-9-,15-11-,25-21-,26-22-,27-23-,32-28-,36-33-,37-34-,38-35-,44-41-,45-42-. The van der Waals surface area contributed by atoms with Crippen LogP contribution < -0.4 is 0 Å². The van der Waals surface area contributed by atoms with Crippen LogP contribution in [0.5, 0.6) is 0 Å². The Hall–Kier alpha value is -4.80. The summed E-state index contributed by atoms with van der Waals surface area (Å²) in [6.45, 7) is 4.60. The Labute approximate surface area is 656 Å². The van der Waals surface area contributed by atoms with Gasteiger partial charge >= 0.3 is 39.5 Å². The maximum Gasteiger partial charge on any atom is 0.472 e. The molecule has 0 fully saturated rings. The highest BCUT2D eigenvalue weighted by atomic mass is 31.2. The zero-order valence-electron chi connectivity index (χ0n) is 68.0. The average Bonchev–Trinajstić information content (AvgIpc) is 0.916. The first kappa shape index (κ1) is 103. The Bertz CT molecular complexity index is 2560. The molecule has 0 bridgehead atoms. The lowest BCUT2D eigenvalue weighted by Gasteiger charge is -2.21. The van der Waals surface area contributed by atoms with Crippen LogP contribution in [0.2, 0.25) is 0 Å². The normalized spacial score (nSPS) is 14.5. The van der Waals surface area contributed by atoms with Gasteiger partial charge in [0.05, 0.1) is 26.4 Å². The molecule has 0 saturated heterocycles. The van der Waals surface area contributed by atoms with Crippen molar-refractivity contribution in [3.05, 3.63) is 134 Å². The first-order valence-corrected chi connectivity index (χ1v) is 45.4. The quantitative estimate of drug-likeness (QED) is 0.0169. The molecule has 108 heavy (non-hydrogen) atoms. The predicted molar refractivity (Wildman–Crippen MR) is 445 cm³/mol. The number of allylic oxidation sites excluding steroid dienone is 22. The van der Waals surface area contributed by atoms with E-state index in [1.165, 1.54) is 44.9 Å². The van der Waals surface area contributed by atoms with E-state index in [2.05, 4.69) is 161 Å². The Morgan fingerprint density at radius 3 is 0.769 bits per heavy atom. The summed E-state index contributed by atoms with van der Waals surface area (Å²) in [7, 11) is -9.98. The number of hydrogen-bond acceptors (Lipinski definition) is 15. The number of carbonyl (C=O) groups is 4. The van der Waals surface area contributed by atoms with Gasteiger partial charge in [-0.15, -0.1) is 0 Å². The van der Waals surface area contributed by atoms with Gasteiger partial charge in [0.15, 0.2) is 12.2 Å². The van der Waals surface area contributed by atoms with Crippen molar-refractivity contribution in [1.82, 2.24) is 0 Å². The van der Waals surface area contributed by atoms with Crippen LogP contribution in [0, 0.1) is 0 Å². The average molecular weight is 1560 g/mol. The van der Waals surface area contributed by atoms with Crippen molar-refractivity contribution in [1.29, 1.82) is 0 Å². The molecule has 0 aromatic carbocycles. The molecule has 3 N–H and O–H groups in total. The van der Waals surface area contributed by atoms with E-state index in [-0.39, 0.29) is 25.7 Å². The Balaban J connectivity index is 5.38. The Kier molecular flexibility index (Phi) is 76.7. The van der Waals surface area contributed by atoms with Gasteiger partial charge in [-0.25, -0.2) is 9.13 Å². The largest absolute Gasteiger partial charge is 0.472 e. The molecule has 0 spiro atoms. The summed E-state index contributed by atoms with van der Waals surface area (Å²) in [6.07, 6.45) is 91.2. The Morgan fingerprint density at radius 1 is 0.269 bits per heavy atom. The second kappa shape index (κ2) is 80.3. The number of aliphatic hydroxyl groups excluding tert-OH is 1. The van der Waals surface area contributed by atoms with Crippen molar-refractivity contribution < 1.29 is 80.2 Å². The number of phosphoric acid groups is 2. The van der Waals surface area contributed by atoms with Crippen LogP contribution in [-0.2, 0) is 65.4 Å². The third kappa shape index (κ3) is 79.3. The number of rotatable bonds is 79. The number of hydrogen-bond donors (Lipinski definition) is 3. The van der Waals surface area contributed by atoms with Crippen molar-refractivity contribution >= 4 is 39.5 Å². The minimum Gasteiger partial charge on any atom is -0.462 e. The number of ether oxygens (including phenoxy) is 4. The van der Waals surface area contributed by atoms with E-state index in [1.807, 2.05) is 0 Å². The van der Waals surface area contributed by atoms with E-state index in [1.54, 1.807) is 0 Å². The molecule has 19 heteroatoms. The van der Waals surface area contributed by atoms with Crippen LogP contribution in [0.3, 0.4) is 0 Å². The van der Waals surface area contributed by atoms with Gasteiger partial charge < -0.3 is 33.8 Å². The number of unbranched alkanes of at least 4 members (excludes halogenated alkanes) is 31. The maximum atomic E-state index is 13.1. The predicted octanol–water partition coefficient (Wildman–Crippen LogP) is 25.2. The van der Waals surface area contributed by atoms with Crippen LogP contribution >= 0.6 is 15.6 Å². The molecule has 0 aliphatic carbocycles. The molecule has 0 heterocycles. The molecular weight excluding hydrogens is 1400 g/mol.